The van der Waals surface area contributed by atoms with Gasteiger partial charge in [0.25, 0.3) is 0 Å². The third-order valence-electron chi connectivity index (χ3n) is 2.24. The molecule has 0 radical (unpaired) electrons. The van der Waals surface area contributed by atoms with Crippen molar-refractivity contribution in [1.29, 1.82) is 5.26 Å². The van der Waals surface area contributed by atoms with E-state index in [1.165, 1.54) is 6.08 Å². The van der Waals surface area contributed by atoms with Crippen LogP contribution in [0.3, 0.4) is 0 Å². The van der Waals surface area contributed by atoms with Crippen molar-refractivity contribution in [3.63, 3.8) is 0 Å². The van der Waals surface area contributed by atoms with Gasteiger partial charge in [-0.05, 0) is 12.5 Å². The Hall–Kier alpha value is -1.36. The van der Waals surface area contributed by atoms with Gasteiger partial charge >= 0.3 is 0 Å². The maximum absolute atomic E-state index is 11.1. The SMILES string of the molecule is CCC1(C)C=CC(=O)C(C#N)=C1. The molecule has 1 rings (SSSR count). The van der Waals surface area contributed by atoms with Crippen LogP contribution in [0.5, 0.6) is 0 Å². The van der Waals surface area contributed by atoms with E-state index in [2.05, 4.69) is 0 Å². The summed E-state index contributed by atoms with van der Waals surface area (Å²) in [6.45, 7) is 4.04. The first-order chi connectivity index (χ1) is 5.61. The van der Waals surface area contributed by atoms with Crippen LogP contribution in [0.25, 0.3) is 0 Å². The van der Waals surface area contributed by atoms with Crippen molar-refractivity contribution >= 4 is 5.78 Å². The van der Waals surface area contributed by atoms with E-state index < -0.39 is 0 Å². The predicted octanol–water partition coefficient (Wildman–Crippen LogP) is 1.99. The van der Waals surface area contributed by atoms with Crippen LogP contribution in [0.4, 0.5) is 0 Å². The lowest BCUT2D eigenvalue weighted by Gasteiger charge is -2.22. The van der Waals surface area contributed by atoms with Crippen LogP contribution in [-0.2, 0) is 4.79 Å². The third-order valence-corrected chi connectivity index (χ3v) is 2.24. The molecule has 62 valence electrons. The maximum Gasteiger partial charge on any atom is 0.195 e. The molecule has 0 fully saturated rings. The normalized spacial score (nSPS) is 28.1. The molecule has 0 saturated heterocycles. The molecule has 0 aromatic rings. The average molecular weight is 161 g/mol. The highest BCUT2D eigenvalue weighted by molar-refractivity contribution is 6.08. The summed E-state index contributed by atoms with van der Waals surface area (Å²) in [4.78, 5) is 11.1. The smallest absolute Gasteiger partial charge is 0.195 e. The number of nitrogens with zero attached hydrogens (tertiary/aromatic N) is 1. The zero-order chi connectivity index (χ0) is 9.19. The van der Waals surface area contributed by atoms with Gasteiger partial charge in [0.15, 0.2) is 5.78 Å². The molecule has 0 saturated carbocycles. The van der Waals surface area contributed by atoms with E-state index in [-0.39, 0.29) is 16.8 Å². The summed E-state index contributed by atoms with van der Waals surface area (Å²) in [6.07, 6.45) is 6.00. The molecule has 1 unspecified atom stereocenters. The second kappa shape index (κ2) is 2.94. The van der Waals surface area contributed by atoms with Crippen molar-refractivity contribution in [2.24, 2.45) is 5.41 Å². The van der Waals surface area contributed by atoms with Gasteiger partial charge in [-0.1, -0.05) is 26.0 Å². The Morgan fingerprint density at radius 1 is 1.67 bits per heavy atom. The molecule has 0 heterocycles. The summed E-state index contributed by atoms with van der Waals surface area (Å²) in [6, 6.07) is 1.90. The molecule has 0 bridgehead atoms. The van der Waals surface area contributed by atoms with Gasteiger partial charge in [0.2, 0.25) is 0 Å². The van der Waals surface area contributed by atoms with Crippen molar-refractivity contribution < 1.29 is 4.79 Å². The van der Waals surface area contributed by atoms with E-state index in [0.29, 0.717) is 0 Å². The third kappa shape index (κ3) is 1.45. The van der Waals surface area contributed by atoms with Crippen LogP contribution in [-0.4, -0.2) is 5.78 Å². The molecule has 2 nitrogen and oxygen atoms in total. The summed E-state index contributed by atoms with van der Waals surface area (Å²) in [7, 11) is 0. The average Bonchev–Trinajstić information content (AvgIpc) is 2.10. The van der Waals surface area contributed by atoms with Crippen molar-refractivity contribution in [3.8, 4) is 6.07 Å². The topological polar surface area (TPSA) is 40.9 Å². The van der Waals surface area contributed by atoms with Gasteiger partial charge in [-0.15, -0.1) is 0 Å². The number of hydrogen-bond acceptors (Lipinski definition) is 2. The first-order valence-electron chi connectivity index (χ1n) is 3.98. The Balaban J connectivity index is 3.04. The summed E-state index contributed by atoms with van der Waals surface area (Å²) >= 11 is 0. The van der Waals surface area contributed by atoms with E-state index in [0.717, 1.165) is 6.42 Å². The molecular formula is C10H11NO. The highest BCUT2D eigenvalue weighted by atomic mass is 16.1. The van der Waals surface area contributed by atoms with Gasteiger partial charge < -0.3 is 0 Å². The van der Waals surface area contributed by atoms with Crippen LogP contribution in [0, 0.1) is 16.7 Å². The molecule has 0 aromatic carbocycles. The Bertz CT molecular complexity index is 306. The van der Waals surface area contributed by atoms with Crippen LogP contribution >= 0.6 is 0 Å². The quantitative estimate of drug-likeness (QED) is 0.590. The van der Waals surface area contributed by atoms with Gasteiger partial charge in [0, 0.05) is 5.41 Å². The molecule has 0 spiro atoms. The number of carbonyl (C=O) groups is 1. The summed E-state index contributed by atoms with van der Waals surface area (Å²) in [5.74, 6) is -0.177. The first kappa shape index (κ1) is 8.73. The largest absolute Gasteiger partial charge is 0.289 e. The number of carbonyl (C=O) groups excluding carboxylic acids is 1. The lowest BCUT2D eigenvalue weighted by atomic mass is 9.81. The number of ketones is 1. The number of hydrogen-bond donors (Lipinski definition) is 0. The van der Waals surface area contributed by atoms with Crippen molar-refractivity contribution in [1.82, 2.24) is 0 Å². The van der Waals surface area contributed by atoms with Gasteiger partial charge in [-0.3, -0.25) is 4.79 Å². The molecule has 1 atom stereocenters. The van der Waals surface area contributed by atoms with Gasteiger partial charge in [-0.2, -0.15) is 5.26 Å². The second-order valence-electron chi connectivity index (χ2n) is 3.23. The minimum atomic E-state index is -0.177. The van der Waals surface area contributed by atoms with Crippen LogP contribution < -0.4 is 0 Å². The molecule has 0 amide bonds. The van der Waals surface area contributed by atoms with E-state index in [1.54, 1.807) is 6.08 Å². The molecule has 0 N–H and O–H groups in total. The van der Waals surface area contributed by atoms with Gasteiger partial charge in [0.05, 0.1) is 5.57 Å². The second-order valence-corrected chi connectivity index (χ2v) is 3.23. The van der Waals surface area contributed by atoms with E-state index in [1.807, 2.05) is 26.0 Å². The summed E-state index contributed by atoms with van der Waals surface area (Å²) in [5, 5.41) is 8.62. The van der Waals surface area contributed by atoms with Crippen LogP contribution in [0.2, 0.25) is 0 Å². The molecule has 2 heteroatoms. The van der Waals surface area contributed by atoms with Gasteiger partial charge in [0.1, 0.15) is 6.07 Å². The Labute approximate surface area is 72.2 Å². The Morgan fingerprint density at radius 3 is 2.83 bits per heavy atom. The van der Waals surface area contributed by atoms with Crippen molar-refractivity contribution in [2.45, 2.75) is 20.3 Å². The fraction of sp³-hybridized carbons (Fsp3) is 0.400. The van der Waals surface area contributed by atoms with Gasteiger partial charge in [-0.25, -0.2) is 0 Å². The molecule has 0 aliphatic heterocycles. The zero-order valence-corrected chi connectivity index (χ0v) is 7.29. The highest BCUT2D eigenvalue weighted by Gasteiger charge is 2.22. The lowest BCUT2D eigenvalue weighted by Crippen LogP contribution is -2.15. The Kier molecular flexibility index (Phi) is 2.14. The zero-order valence-electron chi connectivity index (χ0n) is 7.29. The molecule has 12 heavy (non-hydrogen) atoms. The fourth-order valence-corrected chi connectivity index (χ4v) is 1.11. The lowest BCUT2D eigenvalue weighted by molar-refractivity contribution is -0.111. The molecule has 1 aliphatic carbocycles. The fourth-order valence-electron chi connectivity index (χ4n) is 1.11. The minimum Gasteiger partial charge on any atom is -0.289 e. The predicted molar refractivity (Wildman–Crippen MR) is 46.2 cm³/mol. The molecular weight excluding hydrogens is 150 g/mol. The van der Waals surface area contributed by atoms with Crippen LogP contribution in [0.1, 0.15) is 20.3 Å². The summed E-state index contributed by atoms with van der Waals surface area (Å²) in [5.41, 5.74) is 0.153. The number of rotatable bonds is 1. The first-order valence-corrected chi connectivity index (χ1v) is 3.98. The van der Waals surface area contributed by atoms with Crippen molar-refractivity contribution in [3.05, 3.63) is 23.8 Å². The standard InChI is InChI=1S/C10H11NO/c1-3-10(2)5-4-9(12)8(6-10)7-11/h4-6H,3H2,1-2H3. The monoisotopic (exact) mass is 161 g/mol. The number of allylic oxidation sites excluding steroid dienone is 4. The molecule has 0 aromatic heterocycles. The van der Waals surface area contributed by atoms with E-state index in [4.69, 9.17) is 5.26 Å². The number of nitriles is 1. The Morgan fingerprint density at radius 2 is 2.33 bits per heavy atom. The summed E-state index contributed by atoms with van der Waals surface area (Å²) < 4.78 is 0. The van der Waals surface area contributed by atoms with E-state index in [9.17, 15) is 4.79 Å². The van der Waals surface area contributed by atoms with Crippen LogP contribution in [0.15, 0.2) is 23.8 Å². The minimum absolute atomic E-state index is 0.112. The highest BCUT2D eigenvalue weighted by Crippen LogP contribution is 2.29. The maximum atomic E-state index is 11.1. The van der Waals surface area contributed by atoms with E-state index >= 15 is 0 Å². The molecule has 1 aliphatic rings. The van der Waals surface area contributed by atoms with Crippen molar-refractivity contribution in [2.75, 3.05) is 0 Å².